The number of hydrogen-bond donors (Lipinski definition) is 0. The van der Waals surface area contributed by atoms with Gasteiger partial charge in [-0.05, 0) is 76.0 Å². The third-order valence-corrected chi connectivity index (χ3v) is 7.97. The van der Waals surface area contributed by atoms with Crippen LogP contribution in [0.5, 0.6) is 0 Å². The van der Waals surface area contributed by atoms with Gasteiger partial charge in [0.2, 0.25) is 0 Å². The van der Waals surface area contributed by atoms with Gasteiger partial charge < -0.3 is 4.74 Å². The molecule has 0 aromatic rings. The number of rotatable bonds is 10. The summed E-state index contributed by atoms with van der Waals surface area (Å²) in [5.74, 6) is 2.32. The normalized spacial score (nSPS) is 30.0. The van der Waals surface area contributed by atoms with E-state index in [9.17, 15) is 4.79 Å². The summed E-state index contributed by atoms with van der Waals surface area (Å²) >= 11 is 0. The third kappa shape index (κ3) is 4.65. The number of hydrogen-bond acceptors (Lipinski definition) is 2. The number of ether oxygens (including phenoxy) is 1. The minimum atomic E-state index is -0.370. The van der Waals surface area contributed by atoms with Crippen LogP contribution in [0.25, 0.3) is 0 Å². The number of carbonyl (C=O) groups excluding carboxylic acids is 1. The highest BCUT2D eigenvalue weighted by Crippen LogP contribution is 2.54. The maximum atomic E-state index is 13.4. The molecular formula is C24H44O2. The van der Waals surface area contributed by atoms with Crippen LogP contribution in [0.2, 0.25) is 0 Å². The Morgan fingerprint density at radius 3 is 2.15 bits per heavy atom. The molecule has 5 unspecified atom stereocenters. The second-order valence-electron chi connectivity index (χ2n) is 10.7. The molecule has 0 radical (unpaired) electrons. The third-order valence-electron chi connectivity index (χ3n) is 7.97. The van der Waals surface area contributed by atoms with E-state index in [1.807, 2.05) is 0 Å². The summed E-state index contributed by atoms with van der Waals surface area (Å²) in [6.45, 7) is 15.6. The minimum Gasteiger partial charge on any atom is -0.459 e. The highest BCUT2D eigenvalue weighted by molar-refractivity contribution is 5.77. The van der Waals surface area contributed by atoms with Crippen LogP contribution in [0.15, 0.2) is 0 Å². The van der Waals surface area contributed by atoms with E-state index in [1.54, 1.807) is 0 Å². The van der Waals surface area contributed by atoms with E-state index in [0.717, 1.165) is 43.9 Å². The molecule has 2 heteroatoms. The van der Waals surface area contributed by atoms with Gasteiger partial charge in [0, 0.05) is 5.92 Å². The van der Waals surface area contributed by atoms with Gasteiger partial charge in [0.25, 0.3) is 0 Å². The average molecular weight is 365 g/mol. The monoisotopic (exact) mass is 364 g/mol. The first-order valence-corrected chi connectivity index (χ1v) is 11.3. The Hall–Kier alpha value is -0.530. The van der Waals surface area contributed by atoms with E-state index < -0.39 is 0 Å². The van der Waals surface area contributed by atoms with E-state index >= 15 is 0 Å². The highest BCUT2D eigenvalue weighted by atomic mass is 16.6. The summed E-state index contributed by atoms with van der Waals surface area (Å²) in [5, 5.41) is 0. The van der Waals surface area contributed by atoms with Gasteiger partial charge in [-0.1, -0.05) is 53.9 Å². The molecule has 0 aromatic heterocycles. The molecular weight excluding hydrogens is 320 g/mol. The summed E-state index contributed by atoms with van der Waals surface area (Å²) < 4.78 is 6.48. The summed E-state index contributed by atoms with van der Waals surface area (Å²) in [6, 6.07) is 0. The first-order valence-electron chi connectivity index (χ1n) is 11.3. The van der Waals surface area contributed by atoms with Crippen LogP contribution in [0.3, 0.4) is 0 Å². The van der Waals surface area contributed by atoms with Crippen molar-refractivity contribution in [2.45, 2.75) is 118 Å². The van der Waals surface area contributed by atoms with Crippen LogP contribution >= 0.6 is 0 Å². The maximum Gasteiger partial charge on any atom is 0.312 e. The van der Waals surface area contributed by atoms with Crippen molar-refractivity contribution in [2.75, 3.05) is 0 Å². The fraction of sp³-hybridized carbons (Fsp3) is 0.958. The van der Waals surface area contributed by atoms with Crippen LogP contribution in [0.1, 0.15) is 113 Å². The lowest BCUT2D eigenvalue weighted by Crippen LogP contribution is -2.46. The van der Waals surface area contributed by atoms with Gasteiger partial charge in [-0.25, -0.2) is 0 Å². The van der Waals surface area contributed by atoms with E-state index in [-0.39, 0.29) is 22.4 Å². The molecule has 0 saturated heterocycles. The van der Waals surface area contributed by atoms with E-state index in [2.05, 4.69) is 48.5 Å². The van der Waals surface area contributed by atoms with E-state index in [4.69, 9.17) is 4.74 Å². The van der Waals surface area contributed by atoms with Crippen molar-refractivity contribution >= 4 is 5.97 Å². The Bertz CT molecular complexity index is 483. The number of carbonyl (C=O) groups is 1. The van der Waals surface area contributed by atoms with Crippen molar-refractivity contribution < 1.29 is 9.53 Å². The van der Waals surface area contributed by atoms with Gasteiger partial charge in [-0.2, -0.15) is 0 Å². The Kier molecular flexibility index (Phi) is 6.89. The van der Waals surface area contributed by atoms with Crippen molar-refractivity contribution in [3.63, 3.8) is 0 Å². The zero-order chi connectivity index (χ0) is 19.6. The van der Waals surface area contributed by atoms with Gasteiger partial charge in [0.15, 0.2) is 0 Å². The molecule has 2 saturated carbocycles. The van der Waals surface area contributed by atoms with Crippen LogP contribution < -0.4 is 0 Å². The lowest BCUT2D eigenvalue weighted by molar-refractivity contribution is -0.181. The summed E-state index contributed by atoms with van der Waals surface area (Å²) in [6.07, 6.45) is 11.6. The van der Waals surface area contributed by atoms with Gasteiger partial charge in [0.1, 0.15) is 5.60 Å². The largest absolute Gasteiger partial charge is 0.459 e. The molecule has 0 heterocycles. The molecule has 5 atom stereocenters. The number of esters is 1. The zero-order valence-corrected chi connectivity index (χ0v) is 18.6. The highest BCUT2D eigenvalue weighted by Gasteiger charge is 2.51. The van der Waals surface area contributed by atoms with Gasteiger partial charge in [0.05, 0.1) is 5.41 Å². The Morgan fingerprint density at radius 1 is 1.00 bits per heavy atom. The van der Waals surface area contributed by atoms with Crippen LogP contribution in [-0.4, -0.2) is 11.6 Å². The van der Waals surface area contributed by atoms with Crippen molar-refractivity contribution in [2.24, 2.45) is 28.6 Å². The van der Waals surface area contributed by atoms with Gasteiger partial charge in [-0.15, -0.1) is 0 Å². The first-order chi connectivity index (χ1) is 12.1. The van der Waals surface area contributed by atoms with E-state index in [1.165, 1.54) is 32.1 Å². The lowest BCUT2D eigenvalue weighted by atomic mass is 9.70. The summed E-state index contributed by atoms with van der Waals surface area (Å²) in [5.41, 5.74) is -0.458. The molecule has 2 fully saturated rings. The quantitative estimate of drug-likeness (QED) is 0.384. The standard InChI is InChI=1S/C24H44O2/c1-8-11-14-24(7,20-16-18-12-13-19(20)15-18)26-21(25)23(6,10-3)17-22(4,5)9-2/h18-20H,8-17H2,1-7H3. The zero-order valence-electron chi connectivity index (χ0n) is 18.6. The molecule has 2 rings (SSSR count). The van der Waals surface area contributed by atoms with Crippen LogP contribution in [-0.2, 0) is 9.53 Å². The van der Waals surface area contributed by atoms with Gasteiger partial charge in [-0.3, -0.25) is 4.79 Å². The van der Waals surface area contributed by atoms with Crippen molar-refractivity contribution in [1.82, 2.24) is 0 Å². The molecule has 2 aliphatic carbocycles. The fourth-order valence-electron chi connectivity index (χ4n) is 5.69. The Morgan fingerprint density at radius 2 is 1.69 bits per heavy atom. The SMILES string of the molecule is CCCCC(C)(OC(=O)C(C)(CC)CC(C)(C)CC)C1CC2CCC1C2. The van der Waals surface area contributed by atoms with Crippen LogP contribution in [0.4, 0.5) is 0 Å². The second kappa shape index (κ2) is 8.23. The summed E-state index contributed by atoms with van der Waals surface area (Å²) in [4.78, 5) is 13.4. The molecule has 2 nitrogen and oxygen atoms in total. The molecule has 152 valence electrons. The van der Waals surface area contributed by atoms with Crippen molar-refractivity contribution in [3.8, 4) is 0 Å². The molecule has 0 spiro atoms. The molecule has 2 aliphatic rings. The second-order valence-corrected chi connectivity index (χ2v) is 10.7. The van der Waals surface area contributed by atoms with Crippen molar-refractivity contribution in [3.05, 3.63) is 0 Å². The lowest BCUT2D eigenvalue weighted by Gasteiger charge is -2.43. The van der Waals surface area contributed by atoms with Crippen LogP contribution in [0, 0.1) is 28.6 Å². The predicted molar refractivity (Wildman–Crippen MR) is 110 cm³/mol. The molecule has 0 aromatic carbocycles. The Balaban J connectivity index is 2.16. The van der Waals surface area contributed by atoms with Crippen molar-refractivity contribution in [1.29, 1.82) is 0 Å². The van der Waals surface area contributed by atoms with E-state index in [0.29, 0.717) is 5.92 Å². The van der Waals surface area contributed by atoms with Gasteiger partial charge >= 0.3 is 5.97 Å². The maximum absolute atomic E-state index is 13.4. The number of fused-ring (bicyclic) bond motifs is 2. The fourth-order valence-corrected chi connectivity index (χ4v) is 5.69. The topological polar surface area (TPSA) is 26.3 Å². The molecule has 2 bridgehead atoms. The Labute approximate surface area is 162 Å². The first kappa shape index (κ1) is 21.8. The predicted octanol–water partition coefficient (Wildman–Crippen LogP) is 7.16. The average Bonchev–Trinajstić information content (AvgIpc) is 3.23. The molecule has 0 amide bonds. The molecule has 26 heavy (non-hydrogen) atoms. The smallest absolute Gasteiger partial charge is 0.312 e. The molecule has 0 N–H and O–H groups in total. The number of unbranched alkanes of at least 4 members (excludes halogenated alkanes) is 1. The minimum absolute atomic E-state index is 0.0582. The summed E-state index contributed by atoms with van der Waals surface area (Å²) in [7, 11) is 0. The molecule has 0 aliphatic heterocycles.